The van der Waals surface area contributed by atoms with E-state index >= 15 is 0 Å². The van der Waals surface area contributed by atoms with Crippen molar-refractivity contribution >= 4 is 11.0 Å². The summed E-state index contributed by atoms with van der Waals surface area (Å²) in [4.78, 5) is 4.24. The summed E-state index contributed by atoms with van der Waals surface area (Å²) in [6.07, 6.45) is 1.74. The summed E-state index contributed by atoms with van der Waals surface area (Å²) in [6, 6.07) is 7.92. The number of halogens is 1. The minimum absolute atomic E-state index is 0.279. The SMILES string of the molecule is Cc1ccc(C(N)c2oc3ccc(F)cc3c2C)cn1. The van der Waals surface area contributed by atoms with Gasteiger partial charge in [-0.2, -0.15) is 0 Å². The average molecular weight is 270 g/mol. The van der Waals surface area contributed by atoms with E-state index < -0.39 is 6.04 Å². The van der Waals surface area contributed by atoms with Gasteiger partial charge in [-0.25, -0.2) is 4.39 Å². The molecule has 0 amide bonds. The monoisotopic (exact) mass is 270 g/mol. The highest BCUT2D eigenvalue weighted by molar-refractivity contribution is 5.82. The largest absolute Gasteiger partial charge is 0.459 e. The van der Waals surface area contributed by atoms with Crippen LogP contribution in [0.15, 0.2) is 40.9 Å². The molecule has 102 valence electrons. The highest BCUT2D eigenvalue weighted by atomic mass is 19.1. The molecule has 2 aromatic heterocycles. The van der Waals surface area contributed by atoms with Crippen LogP contribution in [0, 0.1) is 19.7 Å². The van der Waals surface area contributed by atoms with Crippen molar-refractivity contribution in [2.75, 3.05) is 0 Å². The fraction of sp³-hybridized carbons (Fsp3) is 0.188. The van der Waals surface area contributed by atoms with Crippen LogP contribution >= 0.6 is 0 Å². The number of benzene rings is 1. The molecule has 2 N–H and O–H groups in total. The van der Waals surface area contributed by atoms with Crippen molar-refractivity contribution in [2.45, 2.75) is 19.9 Å². The fourth-order valence-corrected chi connectivity index (χ4v) is 2.32. The van der Waals surface area contributed by atoms with E-state index in [0.29, 0.717) is 11.3 Å². The molecule has 0 fully saturated rings. The summed E-state index contributed by atoms with van der Waals surface area (Å²) < 4.78 is 19.1. The van der Waals surface area contributed by atoms with Gasteiger partial charge in [-0.1, -0.05) is 6.07 Å². The molecule has 4 heteroatoms. The highest BCUT2D eigenvalue weighted by Gasteiger charge is 2.19. The predicted octanol–water partition coefficient (Wildman–Crippen LogP) is 3.63. The Bertz CT molecular complexity index is 762. The molecule has 0 aliphatic carbocycles. The van der Waals surface area contributed by atoms with E-state index in [0.717, 1.165) is 22.2 Å². The number of aryl methyl sites for hydroxylation is 2. The quantitative estimate of drug-likeness (QED) is 0.773. The minimum Gasteiger partial charge on any atom is -0.459 e. The number of furan rings is 1. The molecule has 2 heterocycles. The van der Waals surface area contributed by atoms with Crippen molar-refractivity contribution in [1.82, 2.24) is 4.98 Å². The predicted molar refractivity (Wildman–Crippen MR) is 75.9 cm³/mol. The number of fused-ring (bicyclic) bond motifs is 1. The smallest absolute Gasteiger partial charge is 0.134 e. The second-order valence-corrected chi connectivity index (χ2v) is 4.94. The van der Waals surface area contributed by atoms with Crippen LogP contribution in [0.3, 0.4) is 0 Å². The van der Waals surface area contributed by atoms with E-state index in [4.69, 9.17) is 10.2 Å². The lowest BCUT2D eigenvalue weighted by molar-refractivity contribution is 0.520. The molecule has 20 heavy (non-hydrogen) atoms. The zero-order valence-electron chi connectivity index (χ0n) is 11.4. The third-order valence-corrected chi connectivity index (χ3v) is 3.51. The Labute approximate surface area is 116 Å². The van der Waals surface area contributed by atoms with E-state index in [-0.39, 0.29) is 5.82 Å². The Balaban J connectivity index is 2.09. The Morgan fingerprint density at radius 2 is 2.00 bits per heavy atom. The van der Waals surface area contributed by atoms with Crippen molar-refractivity contribution < 1.29 is 8.81 Å². The second-order valence-electron chi connectivity index (χ2n) is 4.94. The maximum Gasteiger partial charge on any atom is 0.134 e. The fourth-order valence-electron chi connectivity index (χ4n) is 2.32. The lowest BCUT2D eigenvalue weighted by Crippen LogP contribution is -2.12. The number of hydrogen-bond donors (Lipinski definition) is 1. The third-order valence-electron chi connectivity index (χ3n) is 3.51. The number of nitrogens with zero attached hydrogens (tertiary/aromatic N) is 1. The summed E-state index contributed by atoms with van der Waals surface area (Å²) in [5, 5.41) is 0.760. The molecular weight excluding hydrogens is 255 g/mol. The van der Waals surface area contributed by atoms with E-state index in [2.05, 4.69) is 4.98 Å². The van der Waals surface area contributed by atoms with Gasteiger partial charge < -0.3 is 10.2 Å². The minimum atomic E-state index is -0.404. The first-order valence-corrected chi connectivity index (χ1v) is 6.43. The molecule has 3 rings (SSSR count). The van der Waals surface area contributed by atoms with Crippen LogP contribution < -0.4 is 5.73 Å². The van der Waals surface area contributed by atoms with Gasteiger partial charge in [0.2, 0.25) is 0 Å². The summed E-state index contributed by atoms with van der Waals surface area (Å²) in [6.45, 7) is 3.81. The molecule has 0 saturated heterocycles. The van der Waals surface area contributed by atoms with E-state index in [1.807, 2.05) is 26.0 Å². The Morgan fingerprint density at radius 3 is 2.70 bits per heavy atom. The van der Waals surface area contributed by atoms with Gasteiger partial charge in [-0.3, -0.25) is 4.98 Å². The number of pyridine rings is 1. The lowest BCUT2D eigenvalue weighted by atomic mass is 10.0. The Kier molecular flexibility index (Phi) is 3.03. The van der Waals surface area contributed by atoms with Gasteiger partial charge in [0.15, 0.2) is 0 Å². The van der Waals surface area contributed by atoms with E-state index in [1.54, 1.807) is 12.3 Å². The highest BCUT2D eigenvalue weighted by Crippen LogP contribution is 2.31. The Hall–Kier alpha value is -2.20. The van der Waals surface area contributed by atoms with E-state index in [1.165, 1.54) is 12.1 Å². The molecule has 0 aliphatic rings. The van der Waals surface area contributed by atoms with Crippen molar-refractivity contribution in [3.05, 3.63) is 64.9 Å². The van der Waals surface area contributed by atoms with Gasteiger partial charge in [0, 0.05) is 22.8 Å². The number of nitrogens with two attached hydrogens (primary N) is 1. The topological polar surface area (TPSA) is 52.0 Å². The number of aromatic nitrogens is 1. The normalized spacial score (nSPS) is 12.8. The van der Waals surface area contributed by atoms with Crippen LogP contribution in [-0.2, 0) is 0 Å². The van der Waals surface area contributed by atoms with Crippen molar-refractivity contribution in [1.29, 1.82) is 0 Å². The van der Waals surface area contributed by atoms with Crippen LogP contribution in [0.25, 0.3) is 11.0 Å². The first-order chi connectivity index (χ1) is 9.56. The standard InChI is InChI=1S/C16H15FN2O/c1-9-3-4-11(8-19-9)15(18)16-10(2)13-7-12(17)5-6-14(13)20-16/h3-8,15H,18H2,1-2H3. The molecule has 0 radical (unpaired) electrons. The molecule has 0 aliphatic heterocycles. The first-order valence-electron chi connectivity index (χ1n) is 6.43. The molecular formula is C16H15FN2O. The molecule has 1 aromatic carbocycles. The molecule has 0 bridgehead atoms. The van der Waals surface area contributed by atoms with Gasteiger partial charge in [0.05, 0.1) is 6.04 Å². The first kappa shape index (κ1) is 12.8. The molecule has 3 nitrogen and oxygen atoms in total. The Morgan fingerprint density at radius 1 is 1.20 bits per heavy atom. The van der Waals surface area contributed by atoms with Gasteiger partial charge in [-0.15, -0.1) is 0 Å². The molecule has 3 aromatic rings. The molecule has 1 atom stereocenters. The summed E-state index contributed by atoms with van der Waals surface area (Å²) in [7, 11) is 0. The van der Waals surface area contributed by atoms with Gasteiger partial charge in [0.1, 0.15) is 17.2 Å². The zero-order chi connectivity index (χ0) is 14.3. The van der Waals surface area contributed by atoms with Crippen LogP contribution in [-0.4, -0.2) is 4.98 Å². The van der Waals surface area contributed by atoms with Gasteiger partial charge in [-0.05, 0) is 43.7 Å². The molecule has 1 unspecified atom stereocenters. The van der Waals surface area contributed by atoms with Gasteiger partial charge in [0.25, 0.3) is 0 Å². The van der Waals surface area contributed by atoms with Crippen LogP contribution in [0.1, 0.15) is 28.6 Å². The second kappa shape index (κ2) is 4.72. The van der Waals surface area contributed by atoms with Crippen molar-refractivity contribution in [2.24, 2.45) is 5.73 Å². The van der Waals surface area contributed by atoms with Gasteiger partial charge >= 0.3 is 0 Å². The number of rotatable bonds is 2. The van der Waals surface area contributed by atoms with Crippen LogP contribution in [0.2, 0.25) is 0 Å². The number of hydrogen-bond acceptors (Lipinski definition) is 3. The summed E-state index contributed by atoms with van der Waals surface area (Å²) in [5.41, 5.74) is 9.57. The molecule has 0 saturated carbocycles. The maximum atomic E-state index is 13.3. The maximum absolute atomic E-state index is 13.3. The van der Waals surface area contributed by atoms with Crippen LogP contribution in [0.4, 0.5) is 4.39 Å². The average Bonchev–Trinajstić information content (AvgIpc) is 2.76. The van der Waals surface area contributed by atoms with Crippen molar-refractivity contribution in [3.63, 3.8) is 0 Å². The molecule has 0 spiro atoms. The summed E-state index contributed by atoms with van der Waals surface area (Å²) in [5.74, 6) is 0.370. The van der Waals surface area contributed by atoms with E-state index in [9.17, 15) is 4.39 Å². The van der Waals surface area contributed by atoms with Crippen molar-refractivity contribution in [3.8, 4) is 0 Å². The van der Waals surface area contributed by atoms with Crippen LogP contribution in [0.5, 0.6) is 0 Å². The lowest BCUT2D eigenvalue weighted by Gasteiger charge is -2.10. The summed E-state index contributed by atoms with van der Waals surface area (Å²) >= 11 is 0. The third kappa shape index (κ3) is 2.08. The zero-order valence-corrected chi connectivity index (χ0v) is 11.4.